The SMILES string of the molecule is O=C(N[C@H]1c2ccccc2C2(CCNCC2)[C@@H]1O)c1ccc(Cl)s1. The van der Waals surface area contributed by atoms with Gasteiger partial charge in [0.15, 0.2) is 0 Å². The Morgan fingerprint density at radius 1 is 1.25 bits per heavy atom. The highest BCUT2D eigenvalue weighted by Gasteiger charge is 2.52. The highest BCUT2D eigenvalue weighted by Crippen LogP contribution is 2.50. The molecule has 1 aliphatic heterocycles. The molecule has 4 nitrogen and oxygen atoms in total. The van der Waals surface area contributed by atoms with E-state index in [1.807, 2.05) is 18.2 Å². The number of nitrogens with one attached hydrogen (secondary N) is 2. The number of aliphatic hydroxyl groups is 1. The third-order valence-electron chi connectivity index (χ3n) is 5.29. The van der Waals surface area contributed by atoms with Gasteiger partial charge in [-0.25, -0.2) is 0 Å². The monoisotopic (exact) mass is 362 g/mol. The van der Waals surface area contributed by atoms with Crippen LogP contribution in [0.5, 0.6) is 0 Å². The first-order chi connectivity index (χ1) is 11.6. The fourth-order valence-electron chi connectivity index (χ4n) is 4.11. The molecule has 2 aromatic rings. The van der Waals surface area contributed by atoms with Gasteiger partial charge in [-0.1, -0.05) is 35.9 Å². The summed E-state index contributed by atoms with van der Waals surface area (Å²) >= 11 is 7.18. The second kappa shape index (κ2) is 6.15. The lowest BCUT2D eigenvalue weighted by Gasteiger charge is -2.38. The fraction of sp³-hybridized carbons (Fsp3) is 0.389. The number of halogens is 1. The van der Waals surface area contributed by atoms with Crippen LogP contribution in [0.4, 0.5) is 0 Å². The van der Waals surface area contributed by atoms with Gasteiger partial charge in [-0.15, -0.1) is 11.3 Å². The van der Waals surface area contributed by atoms with Gasteiger partial charge in [0.05, 0.1) is 21.4 Å². The van der Waals surface area contributed by atoms with E-state index < -0.39 is 6.10 Å². The van der Waals surface area contributed by atoms with Crippen LogP contribution in [0, 0.1) is 0 Å². The maximum atomic E-state index is 12.6. The molecule has 3 N–H and O–H groups in total. The first kappa shape index (κ1) is 16.1. The van der Waals surface area contributed by atoms with Gasteiger partial charge in [0.2, 0.25) is 0 Å². The third kappa shape index (κ3) is 2.47. The summed E-state index contributed by atoms with van der Waals surface area (Å²) in [6.45, 7) is 1.76. The number of aliphatic hydroxyl groups excluding tert-OH is 1. The normalized spacial score (nSPS) is 24.8. The molecular weight excluding hydrogens is 344 g/mol. The van der Waals surface area contributed by atoms with E-state index in [1.54, 1.807) is 12.1 Å². The summed E-state index contributed by atoms with van der Waals surface area (Å²) in [6.07, 6.45) is 1.14. The van der Waals surface area contributed by atoms with Crippen LogP contribution in [0.2, 0.25) is 4.34 Å². The molecule has 2 atom stereocenters. The topological polar surface area (TPSA) is 61.4 Å². The summed E-state index contributed by atoms with van der Waals surface area (Å²) in [5, 5.41) is 17.5. The minimum Gasteiger partial charge on any atom is -0.390 e. The highest BCUT2D eigenvalue weighted by atomic mass is 35.5. The Bertz CT molecular complexity index is 770. The maximum Gasteiger partial charge on any atom is 0.261 e. The first-order valence-corrected chi connectivity index (χ1v) is 9.36. The second-order valence-corrected chi connectivity index (χ2v) is 8.21. The maximum absolute atomic E-state index is 12.6. The van der Waals surface area contributed by atoms with Gasteiger partial charge in [-0.05, 0) is 49.2 Å². The molecule has 1 aromatic heterocycles. The molecule has 24 heavy (non-hydrogen) atoms. The fourth-order valence-corrected chi connectivity index (χ4v) is 5.06. The molecule has 2 heterocycles. The Hall–Kier alpha value is -1.40. The summed E-state index contributed by atoms with van der Waals surface area (Å²) in [6, 6.07) is 11.1. The predicted octanol–water partition coefficient (Wildman–Crippen LogP) is 2.87. The number of piperidine rings is 1. The Labute approximate surface area is 149 Å². The van der Waals surface area contributed by atoms with E-state index in [9.17, 15) is 9.90 Å². The molecule has 126 valence electrons. The number of benzene rings is 1. The molecule has 0 saturated carbocycles. The van der Waals surface area contributed by atoms with Crippen LogP contribution in [0.3, 0.4) is 0 Å². The van der Waals surface area contributed by atoms with Gasteiger partial charge < -0.3 is 15.7 Å². The van der Waals surface area contributed by atoms with Crippen LogP contribution < -0.4 is 10.6 Å². The largest absolute Gasteiger partial charge is 0.390 e. The summed E-state index contributed by atoms with van der Waals surface area (Å²) in [4.78, 5) is 13.1. The zero-order valence-electron chi connectivity index (χ0n) is 13.1. The van der Waals surface area contributed by atoms with Crippen molar-refractivity contribution in [3.05, 3.63) is 56.7 Å². The molecule has 1 fully saturated rings. The van der Waals surface area contributed by atoms with Crippen molar-refractivity contribution in [2.24, 2.45) is 0 Å². The van der Waals surface area contributed by atoms with Gasteiger partial charge >= 0.3 is 0 Å². The Kier molecular flexibility index (Phi) is 4.12. The molecule has 1 saturated heterocycles. The van der Waals surface area contributed by atoms with Gasteiger partial charge in [0, 0.05) is 5.41 Å². The van der Waals surface area contributed by atoms with Crippen molar-refractivity contribution in [2.45, 2.75) is 30.4 Å². The predicted molar refractivity (Wildman–Crippen MR) is 95.8 cm³/mol. The molecule has 0 bridgehead atoms. The average Bonchev–Trinajstić information content (AvgIpc) is 3.13. The van der Waals surface area contributed by atoms with Crippen molar-refractivity contribution < 1.29 is 9.90 Å². The van der Waals surface area contributed by atoms with E-state index in [1.165, 1.54) is 16.9 Å². The number of hydrogen-bond acceptors (Lipinski definition) is 4. The van der Waals surface area contributed by atoms with Crippen LogP contribution >= 0.6 is 22.9 Å². The molecule has 6 heteroatoms. The van der Waals surface area contributed by atoms with Crippen molar-refractivity contribution in [2.75, 3.05) is 13.1 Å². The molecule has 1 aromatic carbocycles. The summed E-state index contributed by atoms with van der Waals surface area (Å²) < 4.78 is 0.586. The summed E-state index contributed by atoms with van der Waals surface area (Å²) in [5.74, 6) is -0.184. The number of hydrogen-bond donors (Lipinski definition) is 3. The minimum absolute atomic E-state index is 0.184. The Morgan fingerprint density at radius 2 is 2.00 bits per heavy atom. The smallest absolute Gasteiger partial charge is 0.261 e. The zero-order valence-corrected chi connectivity index (χ0v) is 14.7. The number of amides is 1. The van der Waals surface area contributed by atoms with Gasteiger partial charge in [-0.2, -0.15) is 0 Å². The summed E-state index contributed by atoms with van der Waals surface area (Å²) in [5.41, 5.74) is 1.93. The standard InChI is InChI=1S/C18H19ClN2O2S/c19-14-6-5-13(24-14)17(23)21-15-11-3-1-2-4-12(11)18(16(15)22)7-9-20-10-8-18/h1-6,15-16,20,22H,7-10H2,(H,21,23)/t15-,16+/m0/s1. The number of fused-ring (bicyclic) bond motifs is 2. The number of rotatable bonds is 2. The average molecular weight is 363 g/mol. The van der Waals surface area contributed by atoms with Crippen molar-refractivity contribution in [3.8, 4) is 0 Å². The number of thiophene rings is 1. The highest BCUT2D eigenvalue weighted by molar-refractivity contribution is 7.18. The number of carbonyl (C=O) groups is 1. The van der Waals surface area contributed by atoms with E-state index in [0.29, 0.717) is 9.21 Å². The van der Waals surface area contributed by atoms with E-state index in [0.717, 1.165) is 31.5 Å². The third-order valence-corrected chi connectivity index (χ3v) is 6.52. The zero-order chi connectivity index (χ0) is 16.7. The van der Waals surface area contributed by atoms with Gasteiger partial charge in [0.1, 0.15) is 0 Å². The molecule has 0 unspecified atom stereocenters. The van der Waals surface area contributed by atoms with Crippen LogP contribution in [0.15, 0.2) is 36.4 Å². The van der Waals surface area contributed by atoms with Crippen molar-refractivity contribution in [1.29, 1.82) is 0 Å². The molecule has 0 radical (unpaired) electrons. The lowest BCUT2D eigenvalue weighted by Crippen LogP contribution is -2.48. The quantitative estimate of drug-likeness (QED) is 0.769. The Balaban J connectivity index is 1.67. The molecule has 2 aliphatic rings. The van der Waals surface area contributed by atoms with E-state index in [4.69, 9.17) is 11.6 Å². The lowest BCUT2D eigenvalue weighted by molar-refractivity contribution is 0.0419. The summed E-state index contributed by atoms with van der Waals surface area (Å²) in [7, 11) is 0. The van der Waals surface area contributed by atoms with Crippen LogP contribution in [-0.4, -0.2) is 30.2 Å². The minimum atomic E-state index is -0.614. The van der Waals surface area contributed by atoms with Crippen LogP contribution in [-0.2, 0) is 5.41 Å². The van der Waals surface area contributed by atoms with Crippen LogP contribution in [0.25, 0.3) is 0 Å². The molecule has 4 rings (SSSR count). The molecule has 1 aliphatic carbocycles. The second-order valence-electron chi connectivity index (χ2n) is 6.49. The van der Waals surface area contributed by atoms with Gasteiger partial charge in [-0.3, -0.25) is 4.79 Å². The van der Waals surface area contributed by atoms with Crippen molar-refractivity contribution in [3.63, 3.8) is 0 Å². The van der Waals surface area contributed by atoms with Crippen LogP contribution in [0.1, 0.15) is 39.7 Å². The lowest BCUT2D eigenvalue weighted by atomic mass is 9.72. The molecule has 1 amide bonds. The van der Waals surface area contributed by atoms with Crippen molar-refractivity contribution in [1.82, 2.24) is 10.6 Å². The Morgan fingerprint density at radius 3 is 2.71 bits per heavy atom. The van der Waals surface area contributed by atoms with Gasteiger partial charge in [0.25, 0.3) is 5.91 Å². The number of carbonyl (C=O) groups excluding carboxylic acids is 1. The first-order valence-electron chi connectivity index (χ1n) is 8.16. The molecule has 1 spiro atoms. The van der Waals surface area contributed by atoms with E-state index in [-0.39, 0.29) is 17.4 Å². The molecular formula is C18H19ClN2O2S. The van der Waals surface area contributed by atoms with E-state index >= 15 is 0 Å². The van der Waals surface area contributed by atoms with Crippen molar-refractivity contribution >= 4 is 28.8 Å². The van der Waals surface area contributed by atoms with E-state index in [2.05, 4.69) is 16.7 Å².